The summed E-state index contributed by atoms with van der Waals surface area (Å²) in [5.41, 5.74) is 2.95. The number of nitrogens with one attached hydrogen (secondary N) is 1. The van der Waals surface area contributed by atoms with Gasteiger partial charge in [0, 0.05) is 5.92 Å². The van der Waals surface area contributed by atoms with E-state index < -0.39 is 5.91 Å². The molecule has 36 heavy (non-hydrogen) atoms. The zero-order chi connectivity index (χ0) is 26.1. The van der Waals surface area contributed by atoms with Crippen molar-refractivity contribution in [2.45, 2.75) is 40.5 Å². The van der Waals surface area contributed by atoms with E-state index in [1.54, 1.807) is 18.2 Å². The summed E-state index contributed by atoms with van der Waals surface area (Å²) in [4.78, 5) is 12.6. The van der Waals surface area contributed by atoms with E-state index in [2.05, 4.69) is 22.4 Å². The maximum absolute atomic E-state index is 12.6. The molecule has 1 amide bonds. The van der Waals surface area contributed by atoms with Gasteiger partial charge < -0.3 is 14.2 Å². The standard InChI is InChI=1S/C27H30N4O4S/c1-6-33-24-15-20(14-21(16-28)25(32)29-27-31-30-26(36-27)17(2)3)8-10-23(24)35-12-11-34-22-9-7-18(4)19(5)13-22/h7-10,13-15,17H,6,11-12H2,1-5H3,(H,29,31,32). The second-order valence-corrected chi connectivity index (χ2v) is 9.32. The SMILES string of the molecule is CCOc1cc(C=C(C#N)C(=O)Nc2nnc(C(C)C)s2)ccc1OCCOc1ccc(C)c(C)c1. The molecule has 0 radical (unpaired) electrons. The van der Waals surface area contributed by atoms with Crippen molar-refractivity contribution in [1.29, 1.82) is 5.26 Å². The third-order valence-corrected chi connectivity index (χ3v) is 6.33. The number of carbonyl (C=O) groups excluding carboxylic acids is 1. The van der Waals surface area contributed by atoms with Crippen molar-refractivity contribution in [3.63, 3.8) is 0 Å². The van der Waals surface area contributed by atoms with Crippen LogP contribution in [0.3, 0.4) is 0 Å². The molecule has 0 aliphatic carbocycles. The number of nitrogens with zero attached hydrogens (tertiary/aromatic N) is 3. The van der Waals surface area contributed by atoms with Crippen LogP contribution in [0.4, 0.5) is 5.13 Å². The van der Waals surface area contributed by atoms with Crippen LogP contribution in [0.2, 0.25) is 0 Å². The highest BCUT2D eigenvalue weighted by molar-refractivity contribution is 7.15. The van der Waals surface area contributed by atoms with Crippen molar-refractivity contribution in [2.75, 3.05) is 25.1 Å². The Labute approximate surface area is 215 Å². The van der Waals surface area contributed by atoms with E-state index in [1.165, 1.54) is 28.5 Å². The van der Waals surface area contributed by atoms with E-state index in [0.29, 0.717) is 42.0 Å². The van der Waals surface area contributed by atoms with E-state index in [9.17, 15) is 10.1 Å². The Kier molecular flexibility index (Phi) is 9.42. The van der Waals surface area contributed by atoms with Gasteiger partial charge in [-0.2, -0.15) is 5.26 Å². The van der Waals surface area contributed by atoms with Gasteiger partial charge in [-0.15, -0.1) is 10.2 Å². The van der Waals surface area contributed by atoms with E-state index >= 15 is 0 Å². The average Bonchev–Trinajstić information content (AvgIpc) is 3.32. The van der Waals surface area contributed by atoms with Crippen molar-refractivity contribution in [2.24, 2.45) is 0 Å². The van der Waals surface area contributed by atoms with Gasteiger partial charge in [-0.05, 0) is 67.8 Å². The summed E-state index contributed by atoms with van der Waals surface area (Å²) < 4.78 is 17.4. The summed E-state index contributed by atoms with van der Waals surface area (Å²) in [7, 11) is 0. The van der Waals surface area contributed by atoms with Gasteiger partial charge in [0.15, 0.2) is 11.5 Å². The minimum absolute atomic E-state index is 0.0609. The Bertz CT molecular complexity index is 1280. The second-order valence-electron chi connectivity index (χ2n) is 8.31. The Morgan fingerprint density at radius 1 is 1.06 bits per heavy atom. The number of amides is 1. The van der Waals surface area contributed by atoms with Crippen LogP contribution in [0.1, 0.15) is 48.4 Å². The number of aryl methyl sites for hydroxylation is 2. The number of ether oxygens (including phenoxy) is 3. The van der Waals surface area contributed by atoms with Crippen molar-refractivity contribution in [3.8, 4) is 23.3 Å². The number of benzene rings is 2. The molecule has 0 spiro atoms. The smallest absolute Gasteiger partial charge is 0.268 e. The number of anilines is 1. The fourth-order valence-electron chi connectivity index (χ4n) is 3.11. The highest BCUT2D eigenvalue weighted by atomic mass is 32.1. The number of nitriles is 1. The lowest BCUT2D eigenvalue weighted by atomic mass is 10.1. The lowest BCUT2D eigenvalue weighted by Crippen LogP contribution is -2.13. The molecule has 3 aromatic rings. The first-order chi connectivity index (χ1) is 17.3. The number of rotatable bonds is 11. The highest BCUT2D eigenvalue weighted by Crippen LogP contribution is 2.30. The predicted octanol–water partition coefficient (Wildman–Crippen LogP) is 5.68. The molecule has 188 valence electrons. The fraction of sp³-hybridized carbons (Fsp3) is 0.333. The van der Waals surface area contributed by atoms with Crippen LogP contribution in [0.25, 0.3) is 6.08 Å². The molecule has 0 saturated heterocycles. The summed E-state index contributed by atoms with van der Waals surface area (Å²) in [6.07, 6.45) is 1.49. The van der Waals surface area contributed by atoms with E-state index in [4.69, 9.17) is 14.2 Å². The van der Waals surface area contributed by atoms with Crippen LogP contribution in [-0.4, -0.2) is 35.9 Å². The monoisotopic (exact) mass is 506 g/mol. The predicted molar refractivity (Wildman–Crippen MR) is 141 cm³/mol. The third-order valence-electron chi connectivity index (χ3n) is 5.19. The first kappa shape index (κ1) is 26.7. The fourth-order valence-corrected chi connectivity index (χ4v) is 3.86. The lowest BCUT2D eigenvalue weighted by Gasteiger charge is -2.13. The maximum atomic E-state index is 12.6. The summed E-state index contributed by atoms with van der Waals surface area (Å²) in [5.74, 6) is 1.51. The molecule has 0 unspecified atom stereocenters. The molecule has 1 aromatic heterocycles. The summed E-state index contributed by atoms with van der Waals surface area (Å²) in [6.45, 7) is 11.1. The molecule has 3 rings (SSSR count). The van der Waals surface area contributed by atoms with Gasteiger partial charge in [-0.3, -0.25) is 10.1 Å². The molecule has 0 bridgehead atoms. The van der Waals surface area contributed by atoms with Gasteiger partial charge in [0.25, 0.3) is 5.91 Å². The minimum Gasteiger partial charge on any atom is -0.490 e. The zero-order valence-electron chi connectivity index (χ0n) is 21.1. The van der Waals surface area contributed by atoms with Crippen LogP contribution in [0.15, 0.2) is 42.0 Å². The van der Waals surface area contributed by atoms with Crippen LogP contribution in [-0.2, 0) is 4.79 Å². The van der Waals surface area contributed by atoms with Gasteiger partial charge in [-0.1, -0.05) is 37.3 Å². The number of hydrogen-bond donors (Lipinski definition) is 1. The molecule has 0 aliphatic rings. The van der Waals surface area contributed by atoms with Gasteiger partial charge in [0.1, 0.15) is 35.6 Å². The molecule has 0 atom stereocenters. The van der Waals surface area contributed by atoms with Crippen molar-refractivity contribution >= 4 is 28.5 Å². The molecular weight excluding hydrogens is 476 g/mol. The minimum atomic E-state index is -0.550. The van der Waals surface area contributed by atoms with E-state index in [0.717, 1.165) is 10.8 Å². The van der Waals surface area contributed by atoms with E-state index in [-0.39, 0.29) is 11.5 Å². The molecule has 1 heterocycles. The molecule has 8 nitrogen and oxygen atoms in total. The number of hydrogen-bond acceptors (Lipinski definition) is 8. The molecular formula is C27H30N4O4S. The topological polar surface area (TPSA) is 106 Å². The summed E-state index contributed by atoms with van der Waals surface area (Å²) in [5, 5.41) is 21.4. The quantitative estimate of drug-likeness (QED) is 0.203. The molecule has 0 aliphatic heterocycles. The van der Waals surface area contributed by atoms with Crippen LogP contribution < -0.4 is 19.5 Å². The Morgan fingerprint density at radius 2 is 1.83 bits per heavy atom. The van der Waals surface area contributed by atoms with Crippen LogP contribution in [0.5, 0.6) is 17.2 Å². The van der Waals surface area contributed by atoms with Gasteiger partial charge in [0.05, 0.1) is 6.61 Å². The van der Waals surface area contributed by atoms with Crippen molar-refractivity contribution in [1.82, 2.24) is 10.2 Å². The Balaban J connectivity index is 1.65. The lowest BCUT2D eigenvalue weighted by molar-refractivity contribution is -0.112. The van der Waals surface area contributed by atoms with Gasteiger partial charge >= 0.3 is 0 Å². The zero-order valence-corrected chi connectivity index (χ0v) is 21.9. The maximum Gasteiger partial charge on any atom is 0.268 e. The van der Waals surface area contributed by atoms with Gasteiger partial charge in [-0.25, -0.2) is 0 Å². The van der Waals surface area contributed by atoms with Crippen molar-refractivity contribution < 1.29 is 19.0 Å². The van der Waals surface area contributed by atoms with Crippen molar-refractivity contribution in [3.05, 3.63) is 63.7 Å². The molecule has 0 fully saturated rings. The molecule has 0 saturated carbocycles. The molecule has 1 N–H and O–H groups in total. The highest BCUT2D eigenvalue weighted by Gasteiger charge is 2.15. The van der Waals surface area contributed by atoms with Crippen LogP contribution >= 0.6 is 11.3 Å². The number of aromatic nitrogens is 2. The second kappa shape index (κ2) is 12.7. The van der Waals surface area contributed by atoms with E-state index in [1.807, 2.05) is 52.0 Å². The molecule has 9 heteroatoms. The van der Waals surface area contributed by atoms with Crippen LogP contribution in [0, 0.1) is 25.2 Å². The normalized spacial score (nSPS) is 11.2. The van der Waals surface area contributed by atoms with Gasteiger partial charge in [0.2, 0.25) is 5.13 Å². The average molecular weight is 507 g/mol. The number of carbonyl (C=O) groups is 1. The third kappa shape index (κ3) is 7.30. The largest absolute Gasteiger partial charge is 0.490 e. The first-order valence-electron chi connectivity index (χ1n) is 11.7. The summed E-state index contributed by atoms with van der Waals surface area (Å²) in [6, 6.07) is 13.1. The summed E-state index contributed by atoms with van der Waals surface area (Å²) >= 11 is 1.29. The first-order valence-corrected chi connectivity index (χ1v) is 12.5. The molecule has 2 aromatic carbocycles. The Hall–Kier alpha value is -3.90. The Morgan fingerprint density at radius 3 is 2.50 bits per heavy atom.